The molecular formula is C17H24N2O3. The average molecular weight is 304 g/mol. The van der Waals surface area contributed by atoms with E-state index in [1.165, 1.54) is 0 Å². The second-order valence-corrected chi connectivity index (χ2v) is 5.45. The Balaban J connectivity index is 1.98. The van der Waals surface area contributed by atoms with Crippen molar-refractivity contribution in [3.05, 3.63) is 35.4 Å². The van der Waals surface area contributed by atoms with Gasteiger partial charge in [-0.1, -0.05) is 24.6 Å². The molecule has 5 nitrogen and oxygen atoms in total. The molecule has 1 amide bonds. The number of benzene rings is 1. The van der Waals surface area contributed by atoms with Crippen molar-refractivity contribution in [2.75, 3.05) is 19.8 Å². The molecule has 1 aliphatic heterocycles. The fourth-order valence-corrected chi connectivity index (χ4v) is 2.25. The van der Waals surface area contributed by atoms with Gasteiger partial charge in [0.2, 0.25) is 0 Å². The summed E-state index contributed by atoms with van der Waals surface area (Å²) in [6.45, 7) is 5.81. The van der Waals surface area contributed by atoms with Crippen molar-refractivity contribution < 1.29 is 14.3 Å². The van der Waals surface area contributed by atoms with E-state index in [2.05, 4.69) is 10.3 Å². The summed E-state index contributed by atoms with van der Waals surface area (Å²) in [5.41, 5.74) is 1.64. The highest BCUT2D eigenvalue weighted by Gasteiger charge is 2.16. The minimum atomic E-state index is -0.203. The average Bonchev–Trinajstić information content (AvgIpc) is 3.03. The van der Waals surface area contributed by atoms with E-state index >= 15 is 0 Å². The van der Waals surface area contributed by atoms with Gasteiger partial charge in [0.25, 0.3) is 11.9 Å². The predicted octanol–water partition coefficient (Wildman–Crippen LogP) is 2.69. The molecule has 1 aromatic carbocycles. The van der Waals surface area contributed by atoms with Gasteiger partial charge in [0.15, 0.2) is 0 Å². The zero-order valence-electron chi connectivity index (χ0n) is 13.3. The fourth-order valence-electron chi connectivity index (χ4n) is 2.25. The van der Waals surface area contributed by atoms with Gasteiger partial charge in [0.05, 0.1) is 19.3 Å². The number of aliphatic imine (C=N–C) groups is 1. The quantitative estimate of drug-likeness (QED) is 0.672. The van der Waals surface area contributed by atoms with Crippen LogP contribution in [0.2, 0.25) is 0 Å². The summed E-state index contributed by atoms with van der Waals surface area (Å²) in [7, 11) is 0. The Morgan fingerprint density at radius 2 is 2.36 bits per heavy atom. The molecule has 1 unspecified atom stereocenters. The number of hydrogen-bond donors (Lipinski definition) is 1. The summed E-state index contributed by atoms with van der Waals surface area (Å²) in [6.07, 6.45) is 3.08. The first-order valence-corrected chi connectivity index (χ1v) is 7.86. The second kappa shape index (κ2) is 8.54. The van der Waals surface area contributed by atoms with Crippen LogP contribution in [-0.4, -0.2) is 37.8 Å². The highest BCUT2D eigenvalue weighted by atomic mass is 16.5. The molecule has 1 saturated heterocycles. The lowest BCUT2D eigenvalue weighted by Crippen LogP contribution is -2.33. The first-order chi connectivity index (χ1) is 10.7. The number of aryl methyl sites for hydroxylation is 1. The van der Waals surface area contributed by atoms with Crippen LogP contribution in [-0.2, 0) is 9.47 Å². The van der Waals surface area contributed by atoms with Crippen LogP contribution in [0.5, 0.6) is 0 Å². The Bertz CT molecular complexity index is 522. The molecule has 0 aromatic heterocycles. The van der Waals surface area contributed by atoms with Crippen molar-refractivity contribution in [3.8, 4) is 0 Å². The maximum absolute atomic E-state index is 12.3. The third-order valence-corrected chi connectivity index (χ3v) is 3.41. The highest BCUT2D eigenvalue weighted by Crippen LogP contribution is 2.12. The standard InChI is InChI=1S/C17H24N2O3/c1-3-9-22-17(18-12-15-8-5-10-21-15)19-16(20)14-7-4-6-13(2)11-14/h4,6-7,11,15H,3,5,8-10,12H2,1-2H3,(H,18,19,20). The molecule has 1 aromatic rings. The molecule has 0 radical (unpaired) electrons. The minimum absolute atomic E-state index is 0.135. The summed E-state index contributed by atoms with van der Waals surface area (Å²) in [6, 6.07) is 7.72. The number of nitrogens with one attached hydrogen (secondary N) is 1. The topological polar surface area (TPSA) is 59.9 Å². The van der Waals surface area contributed by atoms with Crippen LogP contribution in [0, 0.1) is 6.92 Å². The molecule has 0 aliphatic carbocycles. The van der Waals surface area contributed by atoms with E-state index in [9.17, 15) is 4.79 Å². The van der Waals surface area contributed by atoms with Gasteiger partial charge in [-0.2, -0.15) is 0 Å². The molecule has 22 heavy (non-hydrogen) atoms. The highest BCUT2D eigenvalue weighted by molar-refractivity contribution is 6.04. The number of rotatable bonds is 5. The molecule has 0 saturated carbocycles. The van der Waals surface area contributed by atoms with Gasteiger partial charge in [-0.25, -0.2) is 4.99 Å². The third-order valence-electron chi connectivity index (χ3n) is 3.41. The Morgan fingerprint density at radius 3 is 3.05 bits per heavy atom. The van der Waals surface area contributed by atoms with E-state index in [0.29, 0.717) is 18.7 Å². The van der Waals surface area contributed by atoms with E-state index in [4.69, 9.17) is 9.47 Å². The van der Waals surface area contributed by atoms with Gasteiger partial charge in [-0.15, -0.1) is 0 Å². The van der Waals surface area contributed by atoms with Crippen LogP contribution in [0.1, 0.15) is 42.1 Å². The Hall–Kier alpha value is -1.88. The fraction of sp³-hybridized carbons (Fsp3) is 0.529. The molecule has 120 valence electrons. The smallest absolute Gasteiger partial charge is 0.291 e. The first-order valence-electron chi connectivity index (χ1n) is 7.86. The summed E-state index contributed by atoms with van der Waals surface area (Å²) >= 11 is 0. The molecule has 1 fully saturated rings. The molecule has 0 spiro atoms. The normalized spacial score (nSPS) is 18.3. The van der Waals surface area contributed by atoms with Crippen LogP contribution >= 0.6 is 0 Å². The van der Waals surface area contributed by atoms with Crippen molar-refractivity contribution in [2.24, 2.45) is 4.99 Å². The van der Waals surface area contributed by atoms with Crippen molar-refractivity contribution in [1.29, 1.82) is 0 Å². The van der Waals surface area contributed by atoms with Crippen molar-refractivity contribution in [1.82, 2.24) is 5.32 Å². The van der Waals surface area contributed by atoms with Crippen LogP contribution in [0.3, 0.4) is 0 Å². The molecule has 0 bridgehead atoms. The lowest BCUT2D eigenvalue weighted by molar-refractivity contribution is 0.0962. The van der Waals surface area contributed by atoms with E-state index in [1.54, 1.807) is 6.07 Å². The summed E-state index contributed by atoms with van der Waals surface area (Å²) in [5.74, 6) is -0.203. The molecular weight excluding hydrogens is 280 g/mol. The van der Waals surface area contributed by atoms with E-state index in [1.807, 2.05) is 32.0 Å². The molecule has 1 atom stereocenters. The largest absolute Gasteiger partial charge is 0.465 e. The second-order valence-electron chi connectivity index (χ2n) is 5.45. The monoisotopic (exact) mass is 304 g/mol. The number of carbonyl (C=O) groups is 1. The first kappa shape index (κ1) is 16.5. The minimum Gasteiger partial charge on any atom is -0.465 e. The van der Waals surface area contributed by atoms with E-state index in [-0.39, 0.29) is 18.0 Å². The zero-order valence-corrected chi connectivity index (χ0v) is 13.3. The summed E-state index contributed by atoms with van der Waals surface area (Å²) in [5, 5.41) is 2.75. The third kappa shape index (κ3) is 5.15. The van der Waals surface area contributed by atoms with Gasteiger partial charge in [-0.3, -0.25) is 10.1 Å². The number of carbonyl (C=O) groups excluding carboxylic acids is 1. The van der Waals surface area contributed by atoms with Crippen LogP contribution in [0.4, 0.5) is 0 Å². The summed E-state index contributed by atoms with van der Waals surface area (Å²) < 4.78 is 11.1. The number of hydrogen-bond acceptors (Lipinski definition) is 4. The van der Waals surface area contributed by atoms with Gasteiger partial charge in [0, 0.05) is 12.2 Å². The number of nitrogens with zero attached hydrogens (tertiary/aromatic N) is 1. The maximum Gasteiger partial charge on any atom is 0.291 e. The number of amidine groups is 1. The maximum atomic E-state index is 12.3. The predicted molar refractivity (Wildman–Crippen MR) is 86.2 cm³/mol. The van der Waals surface area contributed by atoms with Gasteiger partial charge in [0.1, 0.15) is 0 Å². The van der Waals surface area contributed by atoms with Crippen LogP contribution in [0.25, 0.3) is 0 Å². The molecule has 1 aliphatic rings. The Kier molecular flexibility index (Phi) is 6.40. The van der Waals surface area contributed by atoms with Gasteiger partial charge in [-0.05, 0) is 38.3 Å². The van der Waals surface area contributed by atoms with E-state index in [0.717, 1.165) is 31.4 Å². The van der Waals surface area contributed by atoms with Crippen molar-refractivity contribution in [3.63, 3.8) is 0 Å². The number of ether oxygens (including phenoxy) is 2. The lowest BCUT2D eigenvalue weighted by atomic mass is 10.1. The van der Waals surface area contributed by atoms with Crippen molar-refractivity contribution >= 4 is 11.9 Å². The molecule has 2 rings (SSSR count). The Labute approximate surface area is 131 Å². The molecule has 5 heteroatoms. The molecule has 1 heterocycles. The van der Waals surface area contributed by atoms with E-state index < -0.39 is 0 Å². The SMILES string of the molecule is CCCOC(=NCC1CCCO1)NC(=O)c1cccc(C)c1. The van der Waals surface area contributed by atoms with Crippen LogP contribution < -0.4 is 5.32 Å². The van der Waals surface area contributed by atoms with Crippen molar-refractivity contribution in [2.45, 2.75) is 39.2 Å². The lowest BCUT2D eigenvalue weighted by Gasteiger charge is -2.12. The van der Waals surface area contributed by atoms with Gasteiger partial charge >= 0.3 is 0 Å². The van der Waals surface area contributed by atoms with Gasteiger partial charge < -0.3 is 9.47 Å². The Morgan fingerprint density at radius 1 is 1.50 bits per heavy atom. The summed E-state index contributed by atoms with van der Waals surface area (Å²) in [4.78, 5) is 16.6. The molecule has 1 N–H and O–H groups in total. The van der Waals surface area contributed by atoms with Crippen LogP contribution in [0.15, 0.2) is 29.3 Å². The zero-order chi connectivity index (χ0) is 15.8. The number of amides is 1.